The first-order valence-corrected chi connectivity index (χ1v) is 7.45. The van der Waals surface area contributed by atoms with Gasteiger partial charge >= 0.3 is 0 Å². The smallest absolute Gasteiger partial charge is 0.270 e. The van der Waals surface area contributed by atoms with E-state index < -0.39 is 4.92 Å². The van der Waals surface area contributed by atoms with Gasteiger partial charge in [0.15, 0.2) is 0 Å². The van der Waals surface area contributed by atoms with Crippen molar-refractivity contribution in [1.29, 1.82) is 0 Å². The molecule has 8 nitrogen and oxygen atoms in total. The van der Waals surface area contributed by atoms with E-state index in [1.165, 1.54) is 25.3 Å². The van der Waals surface area contributed by atoms with E-state index in [-0.39, 0.29) is 29.3 Å². The second-order valence-corrected chi connectivity index (χ2v) is 5.81. The molecule has 2 fully saturated rings. The zero-order valence-electron chi connectivity index (χ0n) is 13.1. The number of benzene rings is 1. The number of nitro groups is 1. The van der Waals surface area contributed by atoms with E-state index in [0.717, 1.165) is 6.54 Å². The van der Waals surface area contributed by atoms with Gasteiger partial charge in [-0.1, -0.05) is 0 Å². The summed E-state index contributed by atoms with van der Waals surface area (Å²) in [6.45, 7) is 2.52. The summed E-state index contributed by atoms with van der Waals surface area (Å²) in [6.07, 6.45) is -0.0117. The summed E-state index contributed by atoms with van der Waals surface area (Å²) in [5, 5.41) is 11.0. The number of hydrogen-bond donors (Lipinski definition) is 0. The highest BCUT2D eigenvalue weighted by Crippen LogP contribution is 2.28. The number of morpholine rings is 1. The van der Waals surface area contributed by atoms with Gasteiger partial charge in [-0.2, -0.15) is 0 Å². The Labute approximate surface area is 133 Å². The number of hydrogen-bond acceptors (Lipinski definition) is 6. The molecule has 23 heavy (non-hydrogen) atoms. The number of likely N-dealkylation sites (N-methyl/N-ethyl adjacent to an activating group) is 1. The molecule has 0 radical (unpaired) electrons. The SMILES string of the molecule is COc1ccc([N+](=O)[O-])cc1C(=O)N1CC2OCCN(C)C2C1. The molecule has 2 atom stereocenters. The standard InChI is InChI=1S/C15H19N3O5/c1-16-5-6-23-14-9-17(8-12(14)16)15(19)11-7-10(18(20)21)3-4-13(11)22-2/h3-4,7,12,14H,5-6,8-9H2,1-2H3. The predicted molar refractivity (Wildman–Crippen MR) is 81.7 cm³/mol. The van der Waals surface area contributed by atoms with Gasteiger partial charge in [0.25, 0.3) is 11.6 Å². The summed E-state index contributed by atoms with van der Waals surface area (Å²) in [7, 11) is 3.46. The maximum absolute atomic E-state index is 12.8. The first-order chi connectivity index (χ1) is 11.0. The molecule has 1 amide bonds. The molecule has 124 valence electrons. The molecule has 8 heteroatoms. The molecule has 2 unspecified atom stereocenters. The Hall–Kier alpha value is -2.19. The Morgan fingerprint density at radius 3 is 2.87 bits per heavy atom. The highest BCUT2D eigenvalue weighted by molar-refractivity contribution is 5.97. The second kappa shape index (κ2) is 6.13. The van der Waals surface area contributed by atoms with Crippen LogP contribution in [0.15, 0.2) is 18.2 Å². The molecular formula is C15H19N3O5. The van der Waals surface area contributed by atoms with Crippen molar-refractivity contribution in [2.45, 2.75) is 12.1 Å². The molecule has 2 aliphatic heterocycles. The number of carbonyl (C=O) groups is 1. The van der Waals surface area contributed by atoms with Crippen LogP contribution in [0, 0.1) is 10.1 Å². The third-order valence-corrected chi connectivity index (χ3v) is 4.49. The van der Waals surface area contributed by atoms with Gasteiger partial charge in [-0.15, -0.1) is 0 Å². The zero-order chi connectivity index (χ0) is 16.6. The minimum absolute atomic E-state index is 0.0117. The van der Waals surface area contributed by atoms with Crippen molar-refractivity contribution < 1.29 is 19.2 Å². The van der Waals surface area contributed by atoms with E-state index in [1.54, 1.807) is 4.90 Å². The Morgan fingerprint density at radius 2 is 2.22 bits per heavy atom. The Balaban J connectivity index is 1.85. The second-order valence-electron chi connectivity index (χ2n) is 5.81. The number of rotatable bonds is 3. The van der Waals surface area contributed by atoms with Crippen LogP contribution in [0.2, 0.25) is 0 Å². The number of likely N-dealkylation sites (tertiary alicyclic amines) is 1. The van der Waals surface area contributed by atoms with E-state index in [1.807, 2.05) is 7.05 Å². The zero-order valence-corrected chi connectivity index (χ0v) is 13.1. The van der Waals surface area contributed by atoms with Crippen molar-refractivity contribution in [3.63, 3.8) is 0 Å². The molecule has 0 saturated carbocycles. The molecule has 0 bridgehead atoms. The van der Waals surface area contributed by atoms with Crippen molar-refractivity contribution in [3.8, 4) is 5.75 Å². The summed E-state index contributed by atoms with van der Waals surface area (Å²) >= 11 is 0. The first kappa shape index (κ1) is 15.7. The topological polar surface area (TPSA) is 85.1 Å². The maximum Gasteiger partial charge on any atom is 0.270 e. The molecule has 2 aliphatic rings. The number of non-ortho nitro benzene ring substituents is 1. The van der Waals surface area contributed by atoms with Crippen molar-refractivity contribution in [3.05, 3.63) is 33.9 Å². The van der Waals surface area contributed by atoms with Crippen LogP contribution < -0.4 is 4.74 Å². The lowest BCUT2D eigenvalue weighted by atomic mass is 10.1. The number of methoxy groups -OCH3 is 1. The van der Waals surface area contributed by atoms with Gasteiger partial charge in [-0.05, 0) is 13.1 Å². The van der Waals surface area contributed by atoms with Crippen LogP contribution in [0.5, 0.6) is 5.75 Å². The van der Waals surface area contributed by atoms with Crippen molar-refractivity contribution in [2.75, 3.05) is 40.4 Å². The van der Waals surface area contributed by atoms with Crippen molar-refractivity contribution in [1.82, 2.24) is 9.80 Å². The average molecular weight is 321 g/mol. The number of ether oxygens (including phenoxy) is 2. The molecule has 1 aromatic carbocycles. The minimum atomic E-state index is -0.517. The van der Waals surface area contributed by atoms with Crippen LogP contribution in [-0.2, 0) is 4.74 Å². The Bertz CT molecular complexity index is 636. The van der Waals surface area contributed by atoms with Crippen molar-refractivity contribution in [2.24, 2.45) is 0 Å². The van der Waals surface area contributed by atoms with E-state index in [2.05, 4.69) is 4.90 Å². The van der Waals surface area contributed by atoms with E-state index in [0.29, 0.717) is 25.4 Å². The third-order valence-electron chi connectivity index (χ3n) is 4.49. The summed E-state index contributed by atoms with van der Waals surface area (Å²) in [4.78, 5) is 27.1. The van der Waals surface area contributed by atoms with Crippen LogP contribution in [0.1, 0.15) is 10.4 Å². The van der Waals surface area contributed by atoms with Gasteiger partial charge < -0.3 is 14.4 Å². The summed E-state index contributed by atoms with van der Waals surface area (Å²) in [5.41, 5.74) is 0.0853. The molecule has 3 rings (SSSR count). The van der Waals surface area contributed by atoms with Crippen LogP contribution in [0.3, 0.4) is 0 Å². The van der Waals surface area contributed by atoms with Gasteiger partial charge in [0.2, 0.25) is 0 Å². The largest absolute Gasteiger partial charge is 0.496 e. The number of amides is 1. The molecular weight excluding hydrogens is 302 g/mol. The molecule has 2 heterocycles. The number of nitrogens with zero attached hydrogens (tertiary/aromatic N) is 3. The van der Waals surface area contributed by atoms with Gasteiger partial charge in [-0.3, -0.25) is 19.8 Å². The quantitative estimate of drug-likeness (QED) is 0.603. The maximum atomic E-state index is 12.8. The van der Waals surface area contributed by atoms with E-state index in [4.69, 9.17) is 9.47 Å². The average Bonchev–Trinajstić information content (AvgIpc) is 2.99. The molecule has 0 spiro atoms. The van der Waals surface area contributed by atoms with Crippen LogP contribution in [-0.4, -0.2) is 73.2 Å². The van der Waals surface area contributed by atoms with Gasteiger partial charge in [-0.25, -0.2) is 0 Å². The molecule has 0 aliphatic carbocycles. The Kier molecular flexibility index (Phi) is 4.18. The van der Waals surface area contributed by atoms with Gasteiger partial charge in [0, 0.05) is 31.8 Å². The molecule has 0 N–H and O–H groups in total. The van der Waals surface area contributed by atoms with Gasteiger partial charge in [0.05, 0.1) is 36.3 Å². The van der Waals surface area contributed by atoms with Crippen LogP contribution in [0.4, 0.5) is 5.69 Å². The fourth-order valence-corrected chi connectivity index (χ4v) is 3.17. The predicted octanol–water partition coefficient (Wildman–Crippen LogP) is 0.758. The normalized spacial score (nSPS) is 24.3. The highest BCUT2D eigenvalue weighted by Gasteiger charge is 2.41. The number of fused-ring (bicyclic) bond motifs is 1. The highest BCUT2D eigenvalue weighted by atomic mass is 16.6. The van der Waals surface area contributed by atoms with Crippen molar-refractivity contribution >= 4 is 11.6 Å². The molecule has 0 aromatic heterocycles. The molecule has 2 saturated heterocycles. The minimum Gasteiger partial charge on any atom is -0.496 e. The first-order valence-electron chi connectivity index (χ1n) is 7.45. The lowest BCUT2D eigenvalue weighted by Crippen LogP contribution is -2.48. The van der Waals surface area contributed by atoms with E-state index in [9.17, 15) is 14.9 Å². The third kappa shape index (κ3) is 2.87. The lowest BCUT2D eigenvalue weighted by Gasteiger charge is -2.33. The summed E-state index contributed by atoms with van der Waals surface area (Å²) < 4.78 is 10.9. The fourth-order valence-electron chi connectivity index (χ4n) is 3.17. The Morgan fingerprint density at radius 1 is 1.43 bits per heavy atom. The monoisotopic (exact) mass is 321 g/mol. The summed E-state index contributed by atoms with van der Waals surface area (Å²) in [5.74, 6) is 0.0710. The number of nitro benzene ring substituents is 1. The number of carbonyl (C=O) groups excluding carboxylic acids is 1. The fraction of sp³-hybridized carbons (Fsp3) is 0.533. The van der Waals surface area contributed by atoms with Crippen LogP contribution in [0.25, 0.3) is 0 Å². The van der Waals surface area contributed by atoms with Crippen LogP contribution >= 0.6 is 0 Å². The molecule has 1 aromatic rings. The lowest BCUT2D eigenvalue weighted by molar-refractivity contribution is -0.384. The summed E-state index contributed by atoms with van der Waals surface area (Å²) in [6, 6.07) is 4.22. The van der Waals surface area contributed by atoms with Gasteiger partial charge in [0.1, 0.15) is 5.75 Å². The van der Waals surface area contributed by atoms with E-state index >= 15 is 0 Å².